The van der Waals surface area contributed by atoms with Gasteiger partial charge in [0.05, 0.1) is 0 Å². The Hall–Kier alpha value is -3.68. The van der Waals surface area contributed by atoms with E-state index in [0.29, 0.717) is 29.2 Å². The smallest absolute Gasteiger partial charge is 0.227 e. The van der Waals surface area contributed by atoms with E-state index in [9.17, 15) is 19.2 Å². The first-order valence-corrected chi connectivity index (χ1v) is 14.4. The van der Waals surface area contributed by atoms with Gasteiger partial charge < -0.3 is 21.3 Å². The third kappa shape index (κ3) is 9.23. The van der Waals surface area contributed by atoms with Crippen molar-refractivity contribution in [1.29, 1.82) is 0 Å². The molecule has 0 heterocycles. The predicted molar refractivity (Wildman–Crippen MR) is 154 cm³/mol. The first-order chi connectivity index (χ1) is 19.0. The third-order valence-electron chi connectivity index (χ3n) is 7.59. The van der Waals surface area contributed by atoms with Gasteiger partial charge >= 0.3 is 0 Å². The molecule has 4 amide bonds. The summed E-state index contributed by atoms with van der Waals surface area (Å²) in [6.45, 7) is 0. The van der Waals surface area contributed by atoms with Crippen LogP contribution in [0.5, 0.6) is 0 Å². The van der Waals surface area contributed by atoms with Crippen LogP contribution in [0.1, 0.15) is 83.5 Å². The number of rotatable bonds is 10. The molecule has 0 atom stereocenters. The molecule has 0 spiro atoms. The van der Waals surface area contributed by atoms with Crippen LogP contribution in [-0.4, -0.2) is 23.6 Å². The molecule has 4 N–H and O–H groups in total. The normalized spacial score (nSPS) is 16.2. The van der Waals surface area contributed by atoms with Crippen molar-refractivity contribution in [2.24, 2.45) is 11.8 Å². The SMILES string of the molecule is O=C(CCCC(=O)Nc1cccc(NC(=O)C2CCCCC2)c1)Nc1cccc(NC(=O)C2CCCCC2)c1. The summed E-state index contributed by atoms with van der Waals surface area (Å²) >= 11 is 0. The minimum atomic E-state index is -0.189. The summed E-state index contributed by atoms with van der Waals surface area (Å²) in [7, 11) is 0. The van der Waals surface area contributed by atoms with Gasteiger partial charge in [-0.3, -0.25) is 19.2 Å². The Morgan fingerprint density at radius 3 is 1.28 bits per heavy atom. The molecule has 208 valence electrons. The van der Waals surface area contributed by atoms with E-state index in [1.54, 1.807) is 36.4 Å². The highest BCUT2D eigenvalue weighted by molar-refractivity contribution is 5.96. The highest BCUT2D eigenvalue weighted by Gasteiger charge is 2.22. The molecule has 2 aromatic rings. The molecule has 0 radical (unpaired) electrons. The van der Waals surface area contributed by atoms with Gasteiger partial charge in [0.2, 0.25) is 23.6 Å². The monoisotopic (exact) mass is 532 g/mol. The van der Waals surface area contributed by atoms with Crippen LogP contribution in [0.15, 0.2) is 48.5 Å². The molecule has 8 heteroatoms. The van der Waals surface area contributed by atoms with Crippen LogP contribution < -0.4 is 21.3 Å². The molecule has 2 aliphatic rings. The van der Waals surface area contributed by atoms with Crippen molar-refractivity contribution in [3.8, 4) is 0 Å². The van der Waals surface area contributed by atoms with E-state index in [1.165, 1.54) is 12.8 Å². The van der Waals surface area contributed by atoms with Gasteiger partial charge in [0.25, 0.3) is 0 Å². The maximum Gasteiger partial charge on any atom is 0.227 e. The lowest BCUT2D eigenvalue weighted by Gasteiger charge is -2.21. The Bertz CT molecular complexity index is 1060. The zero-order valence-electron chi connectivity index (χ0n) is 22.6. The van der Waals surface area contributed by atoms with Gasteiger partial charge in [-0.1, -0.05) is 50.7 Å². The Labute approximate surface area is 230 Å². The lowest BCUT2D eigenvalue weighted by Crippen LogP contribution is -2.24. The van der Waals surface area contributed by atoms with Crippen LogP contribution >= 0.6 is 0 Å². The minimum absolute atomic E-state index is 0.0429. The summed E-state index contributed by atoms with van der Waals surface area (Å²) in [5.41, 5.74) is 2.55. The van der Waals surface area contributed by atoms with Gasteiger partial charge in [-0.2, -0.15) is 0 Å². The third-order valence-corrected chi connectivity index (χ3v) is 7.59. The van der Waals surface area contributed by atoms with Gasteiger partial charge in [-0.15, -0.1) is 0 Å². The average molecular weight is 533 g/mol. The second-order valence-electron chi connectivity index (χ2n) is 10.8. The zero-order valence-corrected chi connectivity index (χ0v) is 22.6. The van der Waals surface area contributed by atoms with Gasteiger partial charge in [-0.25, -0.2) is 0 Å². The molecule has 8 nitrogen and oxygen atoms in total. The molecular formula is C31H40N4O4. The fraction of sp³-hybridized carbons (Fsp3) is 0.484. The number of amides is 4. The molecule has 0 unspecified atom stereocenters. The zero-order chi connectivity index (χ0) is 27.5. The molecule has 2 aromatic carbocycles. The standard InChI is InChI=1S/C31H40N4O4/c36-28(32-24-14-7-16-26(20-24)34-30(38)22-10-3-1-4-11-22)18-9-19-29(37)33-25-15-8-17-27(21-25)35-31(39)23-12-5-2-6-13-23/h7-8,14-17,20-23H,1-6,9-13,18-19H2,(H,32,36)(H,33,37)(H,34,38)(H,35,39). The molecule has 0 aromatic heterocycles. The second kappa shape index (κ2) is 14.5. The Morgan fingerprint density at radius 1 is 0.538 bits per heavy atom. The minimum Gasteiger partial charge on any atom is -0.326 e. The molecule has 4 rings (SSSR count). The number of nitrogens with one attached hydrogen (secondary N) is 4. The summed E-state index contributed by atoms with van der Waals surface area (Å²) in [6.07, 6.45) is 11.3. The summed E-state index contributed by atoms with van der Waals surface area (Å²) in [4.78, 5) is 49.9. The number of benzene rings is 2. The Kier molecular flexibility index (Phi) is 10.5. The maximum absolute atomic E-state index is 12.5. The number of carbonyl (C=O) groups excluding carboxylic acids is 4. The lowest BCUT2D eigenvalue weighted by atomic mass is 9.88. The van der Waals surface area contributed by atoms with Gasteiger partial charge in [-0.05, 0) is 68.5 Å². The molecule has 2 saturated carbocycles. The summed E-state index contributed by atoms with van der Waals surface area (Å²) < 4.78 is 0. The second-order valence-corrected chi connectivity index (χ2v) is 10.8. The fourth-order valence-corrected chi connectivity index (χ4v) is 5.42. The van der Waals surface area contributed by atoms with Crippen LogP contribution in [0.4, 0.5) is 22.7 Å². The summed E-state index contributed by atoms with van der Waals surface area (Å²) in [5, 5.41) is 11.6. The molecule has 2 fully saturated rings. The van der Waals surface area contributed by atoms with Crippen LogP contribution in [0.2, 0.25) is 0 Å². The maximum atomic E-state index is 12.5. The van der Waals surface area contributed by atoms with Gasteiger partial charge in [0.1, 0.15) is 0 Å². The number of hydrogen-bond acceptors (Lipinski definition) is 4. The van der Waals surface area contributed by atoms with E-state index in [0.717, 1.165) is 51.4 Å². The van der Waals surface area contributed by atoms with E-state index in [2.05, 4.69) is 21.3 Å². The first-order valence-electron chi connectivity index (χ1n) is 14.4. The van der Waals surface area contributed by atoms with Crippen molar-refractivity contribution < 1.29 is 19.2 Å². The Balaban J connectivity index is 1.17. The number of carbonyl (C=O) groups is 4. The molecule has 2 aliphatic carbocycles. The average Bonchev–Trinajstić information content (AvgIpc) is 2.94. The largest absolute Gasteiger partial charge is 0.326 e. The first kappa shape index (κ1) is 28.3. The van der Waals surface area contributed by atoms with E-state index in [4.69, 9.17) is 0 Å². The number of hydrogen-bond donors (Lipinski definition) is 4. The van der Waals surface area contributed by atoms with E-state index < -0.39 is 0 Å². The lowest BCUT2D eigenvalue weighted by molar-refractivity contribution is -0.121. The van der Waals surface area contributed by atoms with Crippen LogP contribution in [0, 0.1) is 11.8 Å². The highest BCUT2D eigenvalue weighted by atomic mass is 16.2. The Morgan fingerprint density at radius 2 is 0.897 bits per heavy atom. The predicted octanol–water partition coefficient (Wildman–Crippen LogP) is 6.47. The van der Waals surface area contributed by atoms with Crippen LogP contribution in [-0.2, 0) is 19.2 Å². The highest BCUT2D eigenvalue weighted by Crippen LogP contribution is 2.27. The van der Waals surface area contributed by atoms with Crippen LogP contribution in [0.3, 0.4) is 0 Å². The van der Waals surface area contributed by atoms with Crippen molar-refractivity contribution in [2.75, 3.05) is 21.3 Å². The van der Waals surface area contributed by atoms with E-state index in [-0.39, 0.29) is 48.3 Å². The molecule has 39 heavy (non-hydrogen) atoms. The molecule has 0 aliphatic heterocycles. The van der Waals surface area contributed by atoms with Crippen molar-refractivity contribution in [3.05, 3.63) is 48.5 Å². The molecule has 0 bridgehead atoms. The number of anilines is 4. The van der Waals surface area contributed by atoms with Crippen LogP contribution in [0.25, 0.3) is 0 Å². The topological polar surface area (TPSA) is 116 Å². The fourth-order valence-electron chi connectivity index (χ4n) is 5.42. The van der Waals surface area contributed by atoms with Crippen molar-refractivity contribution in [2.45, 2.75) is 83.5 Å². The summed E-state index contributed by atoms with van der Waals surface area (Å²) in [5.74, 6) is -0.170. The van der Waals surface area contributed by atoms with Crippen molar-refractivity contribution in [3.63, 3.8) is 0 Å². The van der Waals surface area contributed by atoms with Gasteiger partial charge in [0, 0.05) is 47.4 Å². The summed E-state index contributed by atoms with van der Waals surface area (Å²) in [6, 6.07) is 14.3. The quantitative estimate of drug-likeness (QED) is 0.280. The van der Waals surface area contributed by atoms with E-state index >= 15 is 0 Å². The molecule has 0 saturated heterocycles. The molecular weight excluding hydrogens is 492 g/mol. The van der Waals surface area contributed by atoms with E-state index in [1.807, 2.05) is 12.1 Å². The van der Waals surface area contributed by atoms with Crippen molar-refractivity contribution >= 4 is 46.4 Å². The van der Waals surface area contributed by atoms with Crippen molar-refractivity contribution in [1.82, 2.24) is 0 Å². The van der Waals surface area contributed by atoms with Gasteiger partial charge in [0.15, 0.2) is 0 Å².